The second kappa shape index (κ2) is 5.38. The zero-order valence-electron chi connectivity index (χ0n) is 12.0. The Morgan fingerprint density at radius 3 is 2.90 bits per heavy atom. The third-order valence-corrected chi connectivity index (χ3v) is 3.88. The first-order valence-electron chi connectivity index (χ1n) is 6.83. The summed E-state index contributed by atoms with van der Waals surface area (Å²) in [4.78, 5) is 5.70. The summed E-state index contributed by atoms with van der Waals surface area (Å²) in [7, 11) is 0. The van der Waals surface area contributed by atoms with Crippen LogP contribution in [0.5, 0.6) is 0 Å². The van der Waals surface area contributed by atoms with Crippen molar-refractivity contribution >= 4 is 16.3 Å². The van der Waals surface area contributed by atoms with Crippen LogP contribution in [-0.2, 0) is 6.54 Å². The average Bonchev–Trinajstić information content (AvgIpc) is 3.05. The monoisotopic (exact) mass is 289 g/mol. The summed E-state index contributed by atoms with van der Waals surface area (Å²) in [6.45, 7) is 8.20. The third kappa shape index (κ3) is 2.48. The van der Waals surface area contributed by atoms with Crippen molar-refractivity contribution in [1.29, 1.82) is 0 Å². The summed E-state index contributed by atoms with van der Waals surface area (Å²) in [5.74, 6) is 1.55. The third-order valence-electron chi connectivity index (χ3n) is 3.12. The molecule has 20 heavy (non-hydrogen) atoms. The second-order valence-corrected chi connectivity index (χ2v) is 6.24. The van der Waals surface area contributed by atoms with Crippen LogP contribution >= 0.6 is 11.3 Å². The Hall–Kier alpha value is -1.66. The maximum Gasteiger partial charge on any atom is 0.196 e. The summed E-state index contributed by atoms with van der Waals surface area (Å²) in [5.41, 5.74) is 2.16. The summed E-state index contributed by atoms with van der Waals surface area (Å²) in [5, 5.41) is 10.0. The van der Waals surface area contributed by atoms with Gasteiger partial charge in [0, 0.05) is 24.3 Å². The lowest BCUT2D eigenvalue weighted by molar-refractivity contribution is 0.545. The predicted octanol–water partition coefficient (Wildman–Crippen LogP) is 2.64. The molecule has 0 aliphatic carbocycles. The average molecular weight is 289 g/mol. The maximum absolute atomic E-state index is 4.70. The molecular formula is C14H19N5S. The fourth-order valence-corrected chi connectivity index (χ4v) is 2.91. The van der Waals surface area contributed by atoms with Crippen molar-refractivity contribution < 1.29 is 0 Å². The van der Waals surface area contributed by atoms with Gasteiger partial charge in [-0.1, -0.05) is 13.8 Å². The Labute approximate surface area is 122 Å². The minimum absolute atomic E-state index is 0.635. The van der Waals surface area contributed by atoms with Crippen molar-refractivity contribution in [3.8, 4) is 5.82 Å². The zero-order chi connectivity index (χ0) is 14.1. The van der Waals surface area contributed by atoms with E-state index < -0.39 is 0 Å². The van der Waals surface area contributed by atoms with Gasteiger partial charge in [0.2, 0.25) is 0 Å². The van der Waals surface area contributed by atoms with Gasteiger partial charge in [0.1, 0.15) is 0 Å². The van der Waals surface area contributed by atoms with Crippen LogP contribution < -0.4 is 5.32 Å². The molecule has 0 saturated carbocycles. The first-order chi connectivity index (χ1) is 9.65. The van der Waals surface area contributed by atoms with E-state index >= 15 is 0 Å². The summed E-state index contributed by atoms with van der Waals surface area (Å²) in [6, 6.07) is 2.00. The minimum atomic E-state index is 0.635. The van der Waals surface area contributed by atoms with Crippen molar-refractivity contribution in [1.82, 2.24) is 24.5 Å². The van der Waals surface area contributed by atoms with Crippen LogP contribution in [0.25, 0.3) is 10.8 Å². The Kier molecular flexibility index (Phi) is 3.58. The topological polar surface area (TPSA) is 47.1 Å². The molecule has 3 aromatic rings. The van der Waals surface area contributed by atoms with Crippen LogP contribution in [0.2, 0.25) is 0 Å². The van der Waals surface area contributed by atoms with E-state index in [1.807, 2.05) is 23.9 Å². The van der Waals surface area contributed by atoms with E-state index in [-0.39, 0.29) is 0 Å². The fraction of sp³-hybridized carbons (Fsp3) is 0.429. The normalized spacial score (nSPS) is 11.8. The van der Waals surface area contributed by atoms with E-state index in [2.05, 4.69) is 40.2 Å². The first kappa shape index (κ1) is 13.3. The Bertz CT molecular complexity index is 706. The number of hydrogen-bond acceptors (Lipinski definition) is 4. The summed E-state index contributed by atoms with van der Waals surface area (Å²) in [6.07, 6.45) is 4.03. The van der Waals surface area contributed by atoms with Gasteiger partial charge in [0.25, 0.3) is 0 Å². The molecule has 0 amide bonds. The molecule has 5 nitrogen and oxygen atoms in total. The van der Waals surface area contributed by atoms with Crippen LogP contribution in [0.3, 0.4) is 0 Å². The summed E-state index contributed by atoms with van der Waals surface area (Å²) >= 11 is 1.65. The van der Waals surface area contributed by atoms with Crippen LogP contribution in [0, 0.1) is 12.8 Å². The van der Waals surface area contributed by atoms with E-state index in [1.165, 1.54) is 0 Å². The van der Waals surface area contributed by atoms with E-state index in [4.69, 9.17) is 4.98 Å². The first-order valence-corrected chi connectivity index (χ1v) is 7.71. The Balaban J connectivity index is 1.96. The lowest BCUT2D eigenvalue weighted by Gasteiger charge is -2.08. The molecule has 3 aromatic heterocycles. The number of rotatable bonds is 5. The fourth-order valence-electron chi connectivity index (χ4n) is 2.18. The van der Waals surface area contributed by atoms with Crippen molar-refractivity contribution in [3.63, 3.8) is 0 Å². The van der Waals surface area contributed by atoms with Crippen LogP contribution in [0.15, 0.2) is 23.8 Å². The number of thiazole rings is 1. The molecule has 3 rings (SSSR count). The van der Waals surface area contributed by atoms with Gasteiger partial charge in [-0.3, -0.25) is 4.40 Å². The van der Waals surface area contributed by atoms with Gasteiger partial charge in [-0.05, 0) is 25.5 Å². The molecule has 6 heteroatoms. The minimum Gasteiger partial charge on any atom is -0.311 e. The SMILES string of the molecule is Cc1ccn(-c2nc3sccn3c2CNCC(C)C)n1. The molecule has 0 aliphatic rings. The molecule has 0 spiro atoms. The quantitative estimate of drug-likeness (QED) is 0.785. The van der Waals surface area contributed by atoms with Crippen molar-refractivity contribution in [2.75, 3.05) is 6.54 Å². The molecule has 3 heterocycles. The van der Waals surface area contributed by atoms with Gasteiger partial charge in [0.15, 0.2) is 10.8 Å². The predicted molar refractivity (Wildman–Crippen MR) is 81.5 cm³/mol. The lowest BCUT2D eigenvalue weighted by atomic mass is 10.2. The molecule has 0 aromatic carbocycles. The maximum atomic E-state index is 4.70. The molecular weight excluding hydrogens is 270 g/mol. The highest BCUT2D eigenvalue weighted by atomic mass is 32.1. The van der Waals surface area contributed by atoms with Gasteiger partial charge in [-0.15, -0.1) is 11.3 Å². The van der Waals surface area contributed by atoms with E-state index in [0.717, 1.165) is 35.3 Å². The smallest absolute Gasteiger partial charge is 0.196 e. The van der Waals surface area contributed by atoms with Crippen LogP contribution in [-0.4, -0.2) is 25.7 Å². The van der Waals surface area contributed by atoms with Crippen molar-refractivity contribution in [2.24, 2.45) is 5.92 Å². The Morgan fingerprint density at radius 1 is 1.35 bits per heavy atom. The largest absolute Gasteiger partial charge is 0.311 e. The number of fused-ring (bicyclic) bond motifs is 1. The highest BCUT2D eigenvalue weighted by Crippen LogP contribution is 2.20. The lowest BCUT2D eigenvalue weighted by Crippen LogP contribution is -2.20. The van der Waals surface area contributed by atoms with Crippen molar-refractivity contribution in [2.45, 2.75) is 27.3 Å². The number of aromatic nitrogens is 4. The highest BCUT2D eigenvalue weighted by molar-refractivity contribution is 7.15. The molecule has 0 fully saturated rings. The highest BCUT2D eigenvalue weighted by Gasteiger charge is 2.15. The number of nitrogens with zero attached hydrogens (tertiary/aromatic N) is 4. The standard InChI is InChI=1S/C14H19N5S/c1-10(2)8-15-9-12-13(19-5-4-11(3)17-19)16-14-18(12)6-7-20-14/h4-7,10,15H,8-9H2,1-3H3. The van der Waals surface area contributed by atoms with Gasteiger partial charge in [0.05, 0.1) is 11.4 Å². The molecule has 0 radical (unpaired) electrons. The summed E-state index contributed by atoms with van der Waals surface area (Å²) < 4.78 is 4.01. The second-order valence-electron chi connectivity index (χ2n) is 5.36. The van der Waals surface area contributed by atoms with E-state index in [1.54, 1.807) is 11.3 Å². The van der Waals surface area contributed by atoms with Gasteiger partial charge < -0.3 is 5.32 Å². The van der Waals surface area contributed by atoms with E-state index in [9.17, 15) is 0 Å². The molecule has 0 aliphatic heterocycles. The zero-order valence-corrected chi connectivity index (χ0v) is 12.8. The number of hydrogen-bond donors (Lipinski definition) is 1. The Morgan fingerprint density at radius 2 is 2.20 bits per heavy atom. The van der Waals surface area contributed by atoms with Gasteiger partial charge >= 0.3 is 0 Å². The number of nitrogens with one attached hydrogen (secondary N) is 1. The van der Waals surface area contributed by atoms with Crippen LogP contribution in [0.4, 0.5) is 0 Å². The van der Waals surface area contributed by atoms with Gasteiger partial charge in [-0.2, -0.15) is 10.1 Å². The van der Waals surface area contributed by atoms with Gasteiger partial charge in [-0.25, -0.2) is 4.68 Å². The molecule has 0 saturated heterocycles. The number of imidazole rings is 1. The van der Waals surface area contributed by atoms with Crippen molar-refractivity contribution in [3.05, 3.63) is 35.2 Å². The molecule has 106 valence electrons. The molecule has 1 N–H and O–H groups in total. The molecule has 0 bridgehead atoms. The number of aryl methyl sites for hydroxylation is 1. The molecule has 0 unspecified atom stereocenters. The van der Waals surface area contributed by atoms with Crippen LogP contribution in [0.1, 0.15) is 25.2 Å². The molecule has 0 atom stereocenters. The van der Waals surface area contributed by atoms with E-state index in [0.29, 0.717) is 5.92 Å².